The average molecular weight is 408 g/mol. The number of hydrogen-bond donors (Lipinski definition) is 1. The van der Waals surface area contributed by atoms with Crippen LogP contribution < -0.4 is 0 Å². The van der Waals surface area contributed by atoms with E-state index in [4.69, 9.17) is 0 Å². The molecule has 170 valence electrons. The summed E-state index contributed by atoms with van der Waals surface area (Å²) >= 11 is 0. The lowest BCUT2D eigenvalue weighted by Crippen LogP contribution is -2.45. The minimum absolute atomic E-state index is 0.155. The van der Waals surface area contributed by atoms with Gasteiger partial charge in [-0.2, -0.15) is 0 Å². The first-order chi connectivity index (χ1) is 14.1. The zero-order valence-corrected chi connectivity index (χ0v) is 19.9. The van der Waals surface area contributed by atoms with Crippen molar-refractivity contribution in [2.45, 2.75) is 130 Å². The number of unbranched alkanes of at least 4 members (excludes halogenated alkanes) is 6. The highest BCUT2D eigenvalue weighted by atomic mass is 16.4. The Hall–Kier alpha value is -1.09. The smallest absolute Gasteiger partial charge is 0.317 e. The molecule has 0 aromatic carbocycles. The Balaban J connectivity index is 5.05. The molecule has 1 N–H and O–H groups in total. The number of allylic oxidation sites excluding steroid dienone is 2. The van der Waals surface area contributed by atoms with Crippen LogP contribution in [-0.4, -0.2) is 34.6 Å². The van der Waals surface area contributed by atoms with Gasteiger partial charge in [0.25, 0.3) is 0 Å². The molecule has 0 aliphatic carbocycles. The van der Waals surface area contributed by atoms with Crippen molar-refractivity contribution in [3.63, 3.8) is 0 Å². The Morgan fingerprint density at radius 1 is 0.724 bits per heavy atom. The molecule has 2 unspecified atom stereocenters. The fraction of sp³-hybridized carbons (Fsp3) is 0.808. The first kappa shape index (κ1) is 27.9. The summed E-state index contributed by atoms with van der Waals surface area (Å²) in [6, 6.07) is 0.645. The van der Waals surface area contributed by atoms with Gasteiger partial charge in [-0.1, -0.05) is 90.5 Å². The molecule has 3 heteroatoms. The standard InChI is InChI=1S/C26H49NO2/c1-5-9-11-13-15-17-21-24(19-7-3)27(23-26(28)29)25(20-8-4)22-18-16-14-12-10-6-2/h15-18,24-25H,5-14,19-23H2,1-4H3,(H,28,29)/b17-15+,18-16+. The van der Waals surface area contributed by atoms with E-state index in [-0.39, 0.29) is 6.54 Å². The lowest BCUT2D eigenvalue weighted by molar-refractivity contribution is -0.139. The van der Waals surface area contributed by atoms with Crippen LogP contribution in [0.3, 0.4) is 0 Å². The van der Waals surface area contributed by atoms with E-state index >= 15 is 0 Å². The second-order valence-corrected chi connectivity index (χ2v) is 8.36. The van der Waals surface area contributed by atoms with E-state index in [1.807, 2.05) is 0 Å². The van der Waals surface area contributed by atoms with Crippen molar-refractivity contribution < 1.29 is 9.90 Å². The van der Waals surface area contributed by atoms with Gasteiger partial charge in [-0.15, -0.1) is 0 Å². The molecule has 0 rings (SSSR count). The summed E-state index contributed by atoms with van der Waals surface area (Å²) in [5.41, 5.74) is 0. The molecule has 0 fully saturated rings. The summed E-state index contributed by atoms with van der Waals surface area (Å²) in [5.74, 6) is -0.703. The van der Waals surface area contributed by atoms with Crippen LogP contribution in [0, 0.1) is 0 Å². The SMILES string of the molecule is CCCCC/C=C/CC(CCC)N(CC(=O)O)C(C/C=C/CCCCC)CCC. The zero-order valence-electron chi connectivity index (χ0n) is 19.9. The van der Waals surface area contributed by atoms with Crippen LogP contribution in [0.25, 0.3) is 0 Å². The fourth-order valence-electron chi connectivity index (χ4n) is 3.98. The van der Waals surface area contributed by atoms with E-state index in [1.54, 1.807) is 0 Å². The van der Waals surface area contributed by atoms with Crippen LogP contribution in [0.4, 0.5) is 0 Å². The van der Waals surface area contributed by atoms with Crippen molar-refractivity contribution in [1.29, 1.82) is 0 Å². The van der Waals surface area contributed by atoms with Gasteiger partial charge in [0.05, 0.1) is 6.54 Å². The molecule has 0 aliphatic rings. The van der Waals surface area contributed by atoms with Gasteiger partial charge in [0, 0.05) is 12.1 Å². The van der Waals surface area contributed by atoms with Crippen LogP contribution in [0.15, 0.2) is 24.3 Å². The average Bonchev–Trinajstić information content (AvgIpc) is 2.69. The zero-order chi connectivity index (χ0) is 21.7. The number of carbonyl (C=O) groups is 1. The van der Waals surface area contributed by atoms with Gasteiger partial charge in [0.2, 0.25) is 0 Å². The molecule has 0 heterocycles. The van der Waals surface area contributed by atoms with Crippen LogP contribution >= 0.6 is 0 Å². The summed E-state index contributed by atoms with van der Waals surface area (Å²) in [4.78, 5) is 13.9. The molecule has 0 aliphatic heterocycles. The number of carboxylic acids is 1. The van der Waals surface area contributed by atoms with Gasteiger partial charge < -0.3 is 5.11 Å². The maximum Gasteiger partial charge on any atom is 0.317 e. The van der Waals surface area contributed by atoms with Crippen LogP contribution in [0.5, 0.6) is 0 Å². The van der Waals surface area contributed by atoms with E-state index in [9.17, 15) is 9.90 Å². The monoisotopic (exact) mass is 407 g/mol. The number of carboxylic acid groups (broad SMARTS) is 1. The highest BCUT2D eigenvalue weighted by Gasteiger charge is 2.26. The third kappa shape index (κ3) is 15.4. The molecule has 0 bridgehead atoms. The van der Waals surface area contributed by atoms with Crippen LogP contribution in [0.2, 0.25) is 0 Å². The molecule has 0 spiro atoms. The third-order valence-corrected chi connectivity index (χ3v) is 5.60. The first-order valence-electron chi connectivity index (χ1n) is 12.4. The van der Waals surface area contributed by atoms with Crippen molar-refractivity contribution in [3.05, 3.63) is 24.3 Å². The molecule has 3 nitrogen and oxygen atoms in total. The van der Waals surface area contributed by atoms with E-state index in [0.717, 1.165) is 51.4 Å². The lowest BCUT2D eigenvalue weighted by atomic mass is 9.98. The summed E-state index contributed by atoms with van der Waals surface area (Å²) in [6.45, 7) is 9.04. The quantitative estimate of drug-likeness (QED) is 0.165. The van der Waals surface area contributed by atoms with E-state index in [1.165, 1.54) is 38.5 Å². The number of nitrogens with zero attached hydrogens (tertiary/aromatic N) is 1. The van der Waals surface area contributed by atoms with Crippen LogP contribution in [-0.2, 0) is 4.79 Å². The van der Waals surface area contributed by atoms with Crippen molar-refractivity contribution in [2.75, 3.05) is 6.54 Å². The highest BCUT2D eigenvalue weighted by molar-refractivity contribution is 5.69. The van der Waals surface area contributed by atoms with Gasteiger partial charge in [-0.25, -0.2) is 0 Å². The molecule has 0 radical (unpaired) electrons. The van der Waals surface area contributed by atoms with Gasteiger partial charge >= 0.3 is 5.97 Å². The Kier molecular flexibility index (Phi) is 19.4. The summed E-state index contributed by atoms with van der Waals surface area (Å²) in [5, 5.41) is 9.58. The number of aliphatic carboxylic acids is 1. The Morgan fingerprint density at radius 3 is 1.52 bits per heavy atom. The van der Waals surface area contributed by atoms with Crippen molar-refractivity contribution in [2.24, 2.45) is 0 Å². The first-order valence-corrected chi connectivity index (χ1v) is 12.4. The highest BCUT2D eigenvalue weighted by Crippen LogP contribution is 2.21. The van der Waals surface area contributed by atoms with Gasteiger partial charge in [-0.3, -0.25) is 9.69 Å². The normalized spacial score (nSPS) is 14.2. The Bertz CT molecular complexity index is 398. The maximum atomic E-state index is 11.6. The van der Waals surface area contributed by atoms with Gasteiger partial charge in [-0.05, 0) is 51.4 Å². The molecular formula is C26H49NO2. The lowest BCUT2D eigenvalue weighted by Gasteiger charge is -2.36. The predicted molar refractivity (Wildman–Crippen MR) is 128 cm³/mol. The molecule has 2 atom stereocenters. The van der Waals surface area contributed by atoms with Crippen LogP contribution in [0.1, 0.15) is 118 Å². The van der Waals surface area contributed by atoms with Crippen molar-refractivity contribution in [3.8, 4) is 0 Å². The minimum Gasteiger partial charge on any atom is -0.480 e. The molecule has 0 aromatic rings. The largest absolute Gasteiger partial charge is 0.480 e. The predicted octanol–water partition coefficient (Wildman–Crippen LogP) is 7.76. The maximum absolute atomic E-state index is 11.6. The van der Waals surface area contributed by atoms with E-state index in [0.29, 0.717) is 12.1 Å². The third-order valence-electron chi connectivity index (χ3n) is 5.60. The molecule has 0 amide bonds. The molecule has 0 saturated heterocycles. The number of rotatable bonds is 20. The van der Waals surface area contributed by atoms with Gasteiger partial charge in [0.15, 0.2) is 0 Å². The Morgan fingerprint density at radius 2 is 1.17 bits per heavy atom. The van der Waals surface area contributed by atoms with Gasteiger partial charge in [0.1, 0.15) is 0 Å². The number of hydrogen-bond acceptors (Lipinski definition) is 2. The second-order valence-electron chi connectivity index (χ2n) is 8.36. The molecule has 0 saturated carbocycles. The van der Waals surface area contributed by atoms with Crippen molar-refractivity contribution >= 4 is 5.97 Å². The minimum atomic E-state index is -0.703. The van der Waals surface area contributed by atoms with E-state index < -0.39 is 5.97 Å². The topological polar surface area (TPSA) is 40.5 Å². The second kappa shape index (κ2) is 20.2. The van der Waals surface area contributed by atoms with E-state index in [2.05, 4.69) is 56.9 Å². The summed E-state index contributed by atoms with van der Waals surface area (Å²) in [6.07, 6.45) is 25.3. The molecule has 0 aromatic heterocycles. The molecular weight excluding hydrogens is 358 g/mol. The molecule has 29 heavy (non-hydrogen) atoms. The van der Waals surface area contributed by atoms with Crippen molar-refractivity contribution in [1.82, 2.24) is 4.90 Å². The summed E-state index contributed by atoms with van der Waals surface area (Å²) < 4.78 is 0. The summed E-state index contributed by atoms with van der Waals surface area (Å²) in [7, 11) is 0. The Labute approximate surface area is 181 Å². The fourth-order valence-corrected chi connectivity index (χ4v) is 3.98.